The Morgan fingerprint density at radius 2 is 1.25 bits per heavy atom. The van der Waals surface area contributed by atoms with Crippen molar-refractivity contribution in [3.8, 4) is 0 Å². The van der Waals surface area contributed by atoms with Gasteiger partial charge in [0.05, 0.1) is 0 Å². The summed E-state index contributed by atoms with van der Waals surface area (Å²) in [5.41, 5.74) is 8.50. The molecular formula is C4H14N2OSi. The maximum Gasteiger partial charge on any atom is 0.309 e. The lowest BCUT2D eigenvalue weighted by Gasteiger charge is -1.75. The number of carbonyl (C=O) groups is 1. The summed E-state index contributed by atoms with van der Waals surface area (Å²) in [6.45, 7) is 6.92. The van der Waals surface area contributed by atoms with E-state index in [0.29, 0.717) is 0 Å². The zero-order chi connectivity index (χ0) is 7.15. The Bertz CT molecular complexity index is 58.3. The van der Waals surface area contributed by atoms with E-state index in [1.165, 1.54) is 0 Å². The van der Waals surface area contributed by atoms with Crippen LogP contribution in [0.4, 0.5) is 4.79 Å². The van der Waals surface area contributed by atoms with Crippen molar-refractivity contribution >= 4 is 14.8 Å². The predicted octanol–water partition coefficient (Wildman–Crippen LogP) is 0.127. The SMILES string of the molecule is C[SiH](C)C.NC(N)=O. The van der Waals surface area contributed by atoms with Gasteiger partial charge in [-0.05, 0) is 0 Å². The fourth-order valence-corrected chi connectivity index (χ4v) is 0. The maximum absolute atomic E-state index is 9.00. The van der Waals surface area contributed by atoms with E-state index < -0.39 is 6.03 Å². The van der Waals surface area contributed by atoms with Gasteiger partial charge >= 0.3 is 6.03 Å². The third-order valence-corrected chi connectivity index (χ3v) is 0. The Hall–Kier alpha value is -0.513. The van der Waals surface area contributed by atoms with Crippen molar-refractivity contribution in [3.63, 3.8) is 0 Å². The Labute approximate surface area is 51.7 Å². The van der Waals surface area contributed by atoms with Crippen LogP contribution < -0.4 is 11.5 Å². The van der Waals surface area contributed by atoms with Crippen LogP contribution in [0.15, 0.2) is 0 Å². The predicted molar refractivity (Wildman–Crippen MR) is 38.5 cm³/mol. The largest absolute Gasteiger partial charge is 0.352 e. The number of carbonyl (C=O) groups excluding carboxylic acids is 1. The molecule has 0 aliphatic heterocycles. The van der Waals surface area contributed by atoms with Crippen LogP contribution in [0.5, 0.6) is 0 Å². The van der Waals surface area contributed by atoms with Crippen LogP contribution in [-0.4, -0.2) is 14.8 Å². The van der Waals surface area contributed by atoms with Gasteiger partial charge < -0.3 is 11.5 Å². The van der Waals surface area contributed by atoms with E-state index in [0.717, 1.165) is 0 Å². The summed E-state index contributed by atoms with van der Waals surface area (Å²) in [5.74, 6) is 0. The Balaban J connectivity index is 0. The van der Waals surface area contributed by atoms with Gasteiger partial charge in [-0.3, -0.25) is 0 Å². The smallest absolute Gasteiger partial charge is 0.309 e. The molecule has 0 aromatic heterocycles. The van der Waals surface area contributed by atoms with Crippen LogP contribution in [-0.2, 0) is 0 Å². The second-order valence-electron chi connectivity index (χ2n) is 2.13. The lowest BCUT2D eigenvalue weighted by molar-refractivity contribution is 0.256. The molecule has 0 aromatic carbocycles. The highest BCUT2D eigenvalue weighted by molar-refractivity contribution is 6.54. The molecule has 3 nitrogen and oxygen atoms in total. The minimum absolute atomic E-state index is 0.139. The van der Waals surface area contributed by atoms with E-state index in [1.54, 1.807) is 0 Å². The second-order valence-corrected chi connectivity index (χ2v) is 5.60. The van der Waals surface area contributed by atoms with Crippen molar-refractivity contribution in [2.45, 2.75) is 19.6 Å². The quantitative estimate of drug-likeness (QED) is 0.454. The number of urea groups is 1. The van der Waals surface area contributed by atoms with E-state index in [2.05, 4.69) is 31.1 Å². The molecule has 0 unspecified atom stereocenters. The van der Waals surface area contributed by atoms with Gasteiger partial charge in [0.15, 0.2) is 0 Å². The summed E-state index contributed by atoms with van der Waals surface area (Å²) in [5, 5.41) is 0. The van der Waals surface area contributed by atoms with Crippen molar-refractivity contribution in [1.82, 2.24) is 0 Å². The molecule has 0 spiro atoms. The molecule has 0 bridgehead atoms. The highest BCUT2D eigenvalue weighted by Crippen LogP contribution is 1.68. The lowest BCUT2D eigenvalue weighted by atomic mass is 11.2. The summed E-state index contributed by atoms with van der Waals surface area (Å²) >= 11 is 0. The van der Waals surface area contributed by atoms with Gasteiger partial charge in [0.1, 0.15) is 0 Å². The molecule has 2 amide bonds. The fourth-order valence-electron chi connectivity index (χ4n) is 0. The summed E-state index contributed by atoms with van der Waals surface area (Å²) < 4.78 is 0. The first-order chi connectivity index (χ1) is 3.46. The summed E-state index contributed by atoms with van der Waals surface area (Å²) in [4.78, 5) is 9.00. The monoisotopic (exact) mass is 134 g/mol. The van der Waals surface area contributed by atoms with Crippen LogP contribution >= 0.6 is 0 Å². The molecular weight excluding hydrogens is 120 g/mol. The van der Waals surface area contributed by atoms with Crippen LogP contribution in [0, 0.1) is 0 Å². The molecule has 0 aliphatic rings. The molecule has 0 aromatic rings. The number of hydrogen-bond acceptors (Lipinski definition) is 1. The number of primary amides is 2. The molecule has 0 fully saturated rings. The average molecular weight is 134 g/mol. The Morgan fingerprint density at radius 3 is 1.25 bits per heavy atom. The average Bonchev–Trinajstić information content (AvgIpc) is 1.25. The van der Waals surface area contributed by atoms with Gasteiger partial charge in [0.2, 0.25) is 0 Å². The molecule has 0 atom stereocenters. The van der Waals surface area contributed by atoms with Crippen LogP contribution in [0.3, 0.4) is 0 Å². The van der Waals surface area contributed by atoms with E-state index in [-0.39, 0.29) is 8.80 Å². The summed E-state index contributed by atoms with van der Waals surface area (Å²) in [6, 6.07) is -0.833. The standard InChI is InChI=1S/C3H10Si.CH4N2O/c1-4(2)3;2-1(3)4/h4H,1-3H3;(H4,2,3,4). The minimum atomic E-state index is -0.833. The van der Waals surface area contributed by atoms with E-state index >= 15 is 0 Å². The van der Waals surface area contributed by atoms with Crippen molar-refractivity contribution in [2.24, 2.45) is 11.5 Å². The number of rotatable bonds is 0. The first-order valence-electron chi connectivity index (χ1n) is 2.51. The molecule has 0 saturated carbocycles. The second kappa shape index (κ2) is 6.49. The third-order valence-electron chi connectivity index (χ3n) is 0. The first kappa shape index (κ1) is 10.5. The number of hydrogen-bond donors (Lipinski definition) is 2. The Morgan fingerprint density at radius 1 is 1.25 bits per heavy atom. The molecule has 0 rings (SSSR count). The molecule has 4 heteroatoms. The lowest BCUT2D eigenvalue weighted by Crippen LogP contribution is -2.18. The Kier molecular flexibility index (Phi) is 8.49. The van der Waals surface area contributed by atoms with E-state index in [4.69, 9.17) is 4.79 Å². The first-order valence-corrected chi connectivity index (χ1v) is 5.98. The molecule has 0 saturated heterocycles. The van der Waals surface area contributed by atoms with Gasteiger partial charge in [0.25, 0.3) is 0 Å². The van der Waals surface area contributed by atoms with Crippen LogP contribution in [0.2, 0.25) is 19.6 Å². The van der Waals surface area contributed by atoms with Crippen molar-refractivity contribution in [3.05, 3.63) is 0 Å². The van der Waals surface area contributed by atoms with Gasteiger partial charge in [-0.15, -0.1) is 0 Å². The number of nitrogens with two attached hydrogens (primary N) is 2. The van der Waals surface area contributed by atoms with Gasteiger partial charge in [-0.2, -0.15) is 0 Å². The molecule has 4 N–H and O–H groups in total. The van der Waals surface area contributed by atoms with Gasteiger partial charge in [-0.1, -0.05) is 19.6 Å². The maximum atomic E-state index is 9.00. The normalized spacial score (nSPS) is 7.50. The minimum Gasteiger partial charge on any atom is -0.352 e. The van der Waals surface area contributed by atoms with Crippen molar-refractivity contribution in [2.75, 3.05) is 0 Å². The van der Waals surface area contributed by atoms with E-state index in [9.17, 15) is 0 Å². The highest BCUT2D eigenvalue weighted by Gasteiger charge is 1.71. The molecule has 0 aliphatic carbocycles. The van der Waals surface area contributed by atoms with Crippen LogP contribution in [0.1, 0.15) is 0 Å². The van der Waals surface area contributed by atoms with Crippen molar-refractivity contribution in [1.29, 1.82) is 0 Å². The molecule has 0 radical (unpaired) electrons. The van der Waals surface area contributed by atoms with Crippen molar-refractivity contribution < 1.29 is 4.79 Å². The molecule has 8 heavy (non-hydrogen) atoms. The van der Waals surface area contributed by atoms with Gasteiger partial charge in [0, 0.05) is 8.80 Å². The zero-order valence-corrected chi connectivity index (χ0v) is 6.79. The van der Waals surface area contributed by atoms with E-state index in [1.807, 2.05) is 0 Å². The summed E-state index contributed by atoms with van der Waals surface area (Å²) in [7, 11) is -0.139. The topological polar surface area (TPSA) is 69.1 Å². The molecule has 0 heterocycles. The van der Waals surface area contributed by atoms with Gasteiger partial charge in [-0.25, -0.2) is 4.79 Å². The highest BCUT2D eigenvalue weighted by atomic mass is 28.3. The zero-order valence-electron chi connectivity index (χ0n) is 5.64. The molecule has 50 valence electrons. The number of amides is 2. The van der Waals surface area contributed by atoms with Crippen LogP contribution in [0.25, 0.3) is 0 Å². The fraction of sp³-hybridized carbons (Fsp3) is 0.750. The third kappa shape index (κ3) is 420. The summed E-state index contributed by atoms with van der Waals surface area (Å²) in [6.07, 6.45) is 0.